The van der Waals surface area contributed by atoms with E-state index in [1.165, 1.54) is 15.9 Å². The van der Waals surface area contributed by atoms with Crippen LogP contribution in [0.3, 0.4) is 0 Å². The zero-order chi connectivity index (χ0) is 18.2. The number of rotatable bonds is 6. The Morgan fingerprint density at radius 1 is 1.08 bits per heavy atom. The standard InChI is InChI=1S/C18H27FN4O2/c1-14(2)21-18(25)17(24)20-7-8-22-9-11-23(12-10-22)13-15-5-3-4-6-16(15)19/h3-6,14H,7-13H2,1-2H3,(H,20,24)(H,21,25)/p+2. The predicted molar refractivity (Wildman–Crippen MR) is 92.7 cm³/mol. The van der Waals surface area contributed by atoms with Crippen molar-refractivity contribution in [2.24, 2.45) is 0 Å². The van der Waals surface area contributed by atoms with E-state index in [1.54, 1.807) is 6.07 Å². The van der Waals surface area contributed by atoms with Crippen LogP contribution in [0.2, 0.25) is 0 Å². The van der Waals surface area contributed by atoms with Crippen LogP contribution in [0.4, 0.5) is 4.39 Å². The first-order valence-electron chi connectivity index (χ1n) is 8.95. The Bertz CT molecular complexity index is 586. The van der Waals surface area contributed by atoms with Gasteiger partial charge in [-0.3, -0.25) is 9.59 Å². The van der Waals surface area contributed by atoms with Crippen LogP contribution in [0.15, 0.2) is 24.3 Å². The molecule has 7 heteroatoms. The molecule has 2 amide bonds. The van der Waals surface area contributed by atoms with Gasteiger partial charge in [0.25, 0.3) is 0 Å². The zero-order valence-electron chi connectivity index (χ0n) is 15.0. The Balaban J connectivity index is 1.65. The molecule has 0 unspecified atom stereocenters. The van der Waals surface area contributed by atoms with E-state index in [9.17, 15) is 14.0 Å². The van der Waals surface area contributed by atoms with E-state index in [1.807, 2.05) is 26.0 Å². The lowest BCUT2D eigenvalue weighted by Gasteiger charge is -2.29. The van der Waals surface area contributed by atoms with Crippen LogP contribution in [-0.2, 0) is 16.1 Å². The van der Waals surface area contributed by atoms with Gasteiger partial charge in [0.1, 0.15) is 38.5 Å². The van der Waals surface area contributed by atoms with E-state index < -0.39 is 11.8 Å². The van der Waals surface area contributed by atoms with Gasteiger partial charge in [-0.1, -0.05) is 18.2 Å². The number of piperazine rings is 1. The number of carbonyl (C=O) groups is 2. The lowest BCUT2D eigenvalue weighted by molar-refractivity contribution is -1.02. The highest BCUT2D eigenvalue weighted by molar-refractivity contribution is 6.35. The molecule has 1 aromatic rings. The van der Waals surface area contributed by atoms with E-state index >= 15 is 0 Å². The zero-order valence-corrected chi connectivity index (χ0v) is 15.0. The molecule has 0 aromatic heterocycles. The number of halogens is 1. The van der Waals surface area contributed by atoms with Gasteiger partial charge in [-0.05, 0) is 19.9 Å². The highest BCUT2D eigenvalue weighted by Crippen LogP contribution is 2.03. The molecular weight excluding hydrogens is 323 g/mol. The molecule has 4 N–H and O–H groups in total. The summed E-state index contributed by atoms with van der Waals surface area (Å²) >= 11 is 0. The Hall–Kier alpha value is -1.99. The van der Waals surface area contributed by atoms with Gasteiger partial charge in [-0.15, -0.1) is 0 Å². The lowest BCUT2D eigenvalue weighted by atomic mass is 10.2. The predicted octanol–water partition coefficient (Wildman–Crippen LogP) is -2.25. The second-order valence-corrected chi connectivity index (χ2v) is 6.90. The topological polar surface area (TPSA) is 67.1 Å². The Morgan fingerprint density at radius 2 is 1.72 bits per heavy atom. The van der Waals surface area contributed by atoms with Gasteiger partial charge in [-0.25, -0.2) is 4.39 Å². The summed E-state index contributed by atoms with van der Waals surface area (Å²) in [6.45, 7) is 9.56. The highest BCUT2D eigenvalue weighted by Gasteiger charge is 2.24. The van der Waals surface area contributed by atoms with E-state index in [4.69, 9.17) is 0 Å². The van der Waals surface area contributed by atoms with Gasteiger partial charge in [0.15, 0.2) is 0 Å². The van der Waals surface area contributed by atoms with Crippen LogP contribution in [0, 0.1) is 5.82 Å². The Labute approximate surface area is 148 Å². The fraction of sp³-hybridized carbons (Fsp3) is 0.556. The van der Waals surface area contributed by atoms with Gasteiger partial charge < -0.3 is 20.4 Å². The molecule has 138 valence electrons. The minimum absolute atomic E-state index is 0.0469. The Kier molecular flexibility index (Phi) is 7.33. The van der Waals surface area contributed by atoms with Crippen molar-refractivity contribution in [3.63, 3.8) is 0 Å². The summed E-state index contributed by atoms with van der Waals surface area (Å²) < 4.78 is 13.7. The molecule has 1 heterocycles. The van der Waals surface area contributed by atoms with Crippen LogP contribution in [0.5, 0.6) is 0 Å². The molecule has 1 saturated heterocycles. The largest absolute Gasteiger partial charge is 0.346 e. The molecule has 25 heavy (non-hydrogen) atoms. The van der Waals surface area contributed by atoms with E-state index in [0.717, 1.165) is 38.3 Å². The molecule has 1 fully saturated rings. The fourth-order valence-electron chi connectivity index (χ4n) is 3.06. The van der Waals surface area contributed by atoms with Crippen molar-refractivity contribution in [3.05, 3.63) is 35.6 Å². The number of carbonyl (C=O) groups excluding carboxylic acids is 2. The normalized spacial score (nSPS) is 20.3. The summed E-state index contributed by atoms with van der Waals surface area (Å²) in [7, 11) is 0. The SMILES string of the molecule is CC(C)NC(=O)C(=O)NCC[NH+]1CC[NH+](Cc2ccccc2F)CC1. The number of amides is 2. The average Bonchev–Trinajstić information content (AvgIpc) is 2.57. The lowest BCUT2D eigenvalue weighted by Crippen LogP contribution is -3.27. The second kappa shape index (κ2) is 9.48. The van der Waals surface area contributed by atoms with Crippen molar-refractivity contribution < 1.29 is 23.8 Å². The first-order chi connectivity index (χ1) is 12.0. The third-order valence-corrected chi connectivity index (χ3v) is 4.45. The molecular formula is C18H29FN4O2+2. The quantitative estimate of drug-likeness (QED) is 0.437. The number of quaternary nitrogens is 2. The van der Waals surface area contributed by atoms with Gasteiger partial charge >= 0.3 is 11.8 Å². The molecule has 0 atom stereocenters. The Morgan fingerprint density at radius 3 is 2.36 bits per heavy atom. The summed E-state index contributed by atoms with van der Waals surface area (Å²) in [5.74, 6) is -1.28. The molecule has 1 aromatic carbocycles. The van der Waals surface area contributed by atoms with Gasteiger partial charge in [-0.2, -0.15) is 0 Å². The summed E-state index contributed by atoms with van der Waals surface area (Å²) in [5, 5.41) is 5.24. The van der Waals surface area contributed by atoms with E-state index in [2.05, 4.69) is 10.6 Å². The summed E-state index contributed by atoms with van der Waals surface area (Å²) in [5.41, 5.74) is 0.768. The van der Waals surface area contributed by atoms with Gasteiger partial charge in [0, 0.05) is 11.6 Å². The number of hydrogen-bond donors (Lipinski definition) is 4. The number of benzene rings is 1. The van der Waals surface area contributed by atoms with Crippen LogP contribution in [0.25, 0.3) is 0 Å². The van der Waals surface area contributed by atoms with E-state index in [-0.39, 0.29) is 11.9 Å². The molecule has 2 rings (SSSR count). The van der Waals surface area contributed by atoms with Crippen molar-refractivity contribution in [3.8, 4) is 0 Å². The van der Waals surface area contributed by atoms with E-state index in [0.29, 0.717) is 13.1 Å². The minimum Gasteiger partial charge on any atom is -0.346 e. The number of hydrogen-bond acceptors (Lipinski definition) is 2. The van der Waals surface area contributed by atoms with Crippen LogP contribution < -0.4 is 20.4 Å². The molecule has 0 aliphatic carbocycles. The number of nitrogens with one attached hydrogen (secondary N) is 4. The van der Waals surface area contributed by atoms with Crippen LogP contribution in [-0.4, -0.2) is 57.1 Å². The average molecular weight is 352 g/mol. The first kappa shape index (κ1) is 19.3. The van der Waals surface area contributed by atoms with Crippen molar-refractivity contribution in [2.75, 3.05) is 39.3 Å². The smallest absolute Gasteiger partial charge is 0.309 e. The summed E-state index contributed by atoms with van der Waals surface area (Å²) in [6, 6.07) is 6.89. The molecule has 1 aliphatic rings. The first-order valence-corrected chi connectivity index (χ1v) is 8.95. The third kappa shape index (κ3) is 6.43. The van der Waals surface area contributed by atoms with Crippen molar-refractivity contribution >= 4 is 11.8 Å². The maximum absolute atomic E-state index is 13.7. The molecule has 0 spiro atoms. The summed E-state index contributed by atoms with van der Waals surface area (Å²) in [6.07, 6.45) is 0. The van der Waals surface area contributed by atoms with Crippen LogP contribution in [0.1, 0.15) is 19.4 Å². The van der Waals surface area contributed by atoms with Crippen molar-refractivity contribution in [1.82, 2.24) is 10.6 Å². The van der Waals surface area contributed by atoms with Gasteiger partial charge in [0.05, 0.1) is 13.1 Å². The minimum atomic E-state index is -0.579. The molecule has 0 radical (unpaired) electrons. The molecule has 0 saturated carbocycles. The molecule has 1 aliphatic heterocycles. The maximum atomic E-state index is 13.7. The van der Waals surface area contributed by atoms with Crippen molar-refractivity contribution in [1.29, 1.82) is 0 Å². The monoisotopic (exact) mass is 352 g/mol. The molecule has 0 bridgehead atoms. The van der Waals surface area contributed by atoms with Crippen LogP contribution >= 0.6 is 0 Å². The highest BCUT2D eigenvalue weighted by atomic mass is 19.1. The second-order valence-electron chi connectivity index (χ2n) is 6.90. The van der Waals surface area contributed by atoms with Crippen molar-refractivity contribution in [2.45, 2.75) is 26.4 Å². The third-order valence-electron chi connectivity index (χ3n) is 4.45. The molecule has 6 nitrogen and oxygen atoms in total. The summed E-state index contributed by atoms with van der Waals surface area (Å²) in [4.78, 5) is 25.9. The maximum Gasteiger partial charge on any atom is 0.309 e. The van der Waals surface area contributed by atoms with Gasteiger partial charge in [0.2, 0.25) is 0 Å². The fourth-order valence-corrected chi connectivity index (χ4v) is 3.06.